The fourth-order valence-electron chi connectivity index (χ4n) is 1.71. The first-order valence-electron chi connectivity index (χ1n) is 5.57. The van der Waals surface area contributed by atoms with Gasteiger partial charge in [0.1, 0.15) is 0 Å². The lowest BCUT2D eigenvalue weighted by Gasteiger charge is -2.05. The van der Waals surface area contributed by atoms with E-state index in [1.165, 1.54) is 18.3 Å². The van der Waals surface area contributed by atoms with Crippen molar-refractivity contribution in [1.82, 2.24) is 10.2 Å². The molecule has 2 rings (SSSR count). The summed E-state index contributed by atoms with van der Waals surface area (Å²) >= 11 is 0. The van der Waals surface area contributed by atoms with Gasteiger partial charge in [-0.15, -0.1) is 0 Å². The fraction of sp³-hybridized carbons (Fsp3) is 0.167. The van der Waals surface area contributed by atoms with Crippen molar-refractivity contribution >= 4 is 12.0 Å². The van der Waals surface area contributed by atoms with Gasteiger partial charge in [0.25, 0.3) is 0 Å². The number of carbonyl (C=O) groups excluding carboxylic acids is 1. The molecule has 1 aromatic heterocycles. The maximum atomic E-state index is 11.0. The van der Waals surface area contributed by atoms with Crippen LogP contribution in [0.5, 0.6) is 5.75 Å². The second kappa shape index (κ2) is 5.30. The Labute approximate surface area is 108 Å². The van der Waals surface area contributed by atoms with Gasteiger partial charge >= 0.3 is 5.69 Å². The number of nitro groups is 1. The Bertz CT molecular complexity index is 621. The molecule has 0 saturated carbocycles. The van der Waals surface area contributed by atoms with Crippen LogP contribution in [0, 0.1) is 10.1 Å². The van der Waals surface area contributed by atoms with Gasteiger partial charge in [0.05, 0.1) is 29.0 Å². The maximum Gasteiger partial charge on any atom is 0.311 e. The molecule has 7 nitrogen and oxygen atoms in total. The first-order valence-corrected chi connectivity index (χ1v) is 5.57. The molecule has 19 heavy (non-hydrogen) atoms. The number of hydrogen-bond acceptors (Lipinski definition) is 5. The summed E-state index contributed by atoms with van der Waals surface area (Å²) in [6.07, 6.45) is 2.01. The van der Waals surface area contributed by atoms with Gasteiger partial charge in [-0.3, -0.25) is 20.0 Å². The monoisotopic (exact) mass is 261 g/mol. The minimum Gasteiger partial charge on any atom is -0.487 e. The van der Waals surface area contributed by atoms with Crippen LogP contribution in [-0.4, -0.2) is 28.0 Å². The molecular formula is C12H11N3O4. The predicted molar refractivity (Wildman–Crippen MR) is 67.2 cm³/mol. The summed E-state index contributed by atoms with van der Waals surface area (Å²) in [5.74, 6) is 0.198. The van der Waals surface area contributed by atoms with E-state index in [0.717, 1.165) is 0 Å². The van der Waals surface area contributed by atoms with Gasteiger partial charge in [0, 0.05) is 11.6 Å². The number of aromatic amines is 1. The number of nitrogens with zero attached hydrogens (tertiary/aromatic N) is 2. The molecule has 1 N–H and O–H groups in total. The maximum absolute atomic E-state index is 11.0. The van der Waals surface area contributed by atoms with Crippen LogP contribution in [0.15, 0.2) is 24.4 Å². The van der Waals surface area contributed by atoms with Crippen molar-refractivity contribution in [3.8, 4) is 17.0 Å². The number of nitrogens with one attached hydrogen (secondary N) is 1. The summed E-state index contributed by atoms with van der Waals surface area (Å²) in [5, 5.41) is 17.4. The Balaban J connectivity index is 2.52. The van der Waals surface area contributed by atoms with Gasteiger partial charge < -0.3 is 4.74 Å². The summed E-state index contributed by atoms with van der Waals surface area (Å²) in [6.45, 7) is 2.08. The van der Waals surface area contributed by atoms with E-state index in [1.54, 1.807) is 13.0 Å². The molecule has 0 fully saturated rings. The number of hydrogen-bond donors (Lipinski definition) is 1. The van der Waals surface area contributed by atoms with Gasteiger partial charge in [-0.25, -0.2) is 0 Å². The van der Waals surface area contributed by atoms with E-state index < -0.39 is 4.92 Å². The standard InChI is InChI=1S/C12H11N3O4/c1-2-19-11-4-3-8(5-10(11)15(17)18)12-9(7-16)6-13-14-12/h3-7H,2H2,1H3,(H,13,14). The van der Waals surface area contributed by atoms with Crippen molar-refractivity contribution in [3.63, 3.8) is 0 Å². The average Bonchev–Trinajstić information content (AvgIpc) is 2.87. The van der Waals surface area contributed by atoms with Crippen LogP contribution in [-0.2, 0) is 0 Å². The van der Waals surface area contributed by atoms with E-state index >= 15 is 0 Å². The highest BCUT2D eigenvalue weighted by Gasteiger charge is 2.18. The summed E-state index contributed by atoms with van der Waals surface area (Å²) in [4.78, 5) is 21.3. The Morgan fingerprint density at radius 3 is 2.95 bits per heavy atom. The van der Waals surface area contributed by atoms with E-state index in [2.05, 4.69) is 10.2 Å². The van der Waals surface area contributed by atoms with Gasteiger partial charge in [0.15, 0.2) is 12.0 Å². The van der Waals surface area contributed by atoms with Crippen LogP contribution < -0.4 is 4.74 Å². The Morgan fingerprint density at radius 2 is 2.32 bits per heavy atom. The number of aromatic nitrogens is 2. The molecule has 1 heterocycles. The summed E-state index contributed by atoms with van der Waals surface area (Å²) in [6, 6.07) is 4.50. The molecule has 1 aromatic carbocycles. The molecule has 0 aliphatic carbocycles. The quantitative estimate of drug-likeness (QED) is 0.505. The predicted octanol–water partition coefficient (Wildman–Crippen LogP) is 2.20. The molecule has 2 aromatic rings. The van der Waals surface area contributed by atoms with E-state index in [9.17, 15) is 14.9 Å². The van der Waals surface area contributed by atoms with Crippen molar-refractivity contribution in [3.05, 3.63) is 40.1 Å². The molecule has 7 heteroatoms. The van der Waals surface area contributed by atoms with Crippen LogP contribution in [0.25, 0.3) is 11.3 Å². The molecular weight excluding hydrogens is 250 g/mol. The highest BCUT2D eigenvalue weighted by molar-refractivity contribution is 5.85. The third-order valence-corrected chi connectivity index (χ3v) is 2.54. The van der Waals surface area contributed by atoms with Crippen LogP contribution in [0.1, 0.15) is 17.3 Å². The largest absolute Gasteiger partial charge is 0.487 e. The van der Waals surface area contributed by atoms with Crippen LogP contribution in [0.2, 0.25) is 0 Å². The van der Waals surface area contributed by atoms with Crippen molar-refractivity contribution in [1.29, 1.82) is 0 Å². The molecule has 0 unspecified atom stereocenters. The number of nitro benzene ring substituents is 1. The lowest BCUT2D eigenvalue weighted by atomic mass is 10.1. The average molecular weight is 261 g/mol. The number of H-pyrrole nitrogens is 1. The van der Waals surface area contributed by atoms with Gasteiger partial charge in [-0.2, -0.15) is 5.10 Å². The van der Waals surface area contributed by atoms with Crippen LogP contribution in [0.4, 0.5) is 5.69 Å². The van der Waals surface area contributed by atoms with Gasteiger partial charge in [0.2, 0.25) is 0 Å². The fourth-order valence-corrected chi connectivity index (χ4v) is 1.71. The molecule has 0 aliphatic heterocycles. The molecule has 0 atom stereocenters. The second-order valence-electron chi connectivity index (χ2n) is 3.69. The first kappa shape index (κ1) is 12.7. The SMILES string of the molecule is CCOc1ccc(-c2[nH]ncc2C=O)cc1[N+](=O)[O-]. The molecule has 0 aliphatic rings. The summed E-state index contributed by atoms with van der Waals surface area (Å²) in [5.41, 5.74) is 1.15. The molecule has 98 valence electrons. The topological polar surface area (TPSA) is 98.1 Å². The molecule has 0 amide bonds. The molecule has 0 bridgehead atoms. The van der Waals surface area contributed by atoms with Crippen molar-refractivity contribution in [2.24, 2.45) is 0 Å². The van der Waals surface area contributed by atoms with Crippen molar-refractivity contribution < 1.29 is 14.5 Å². The highest BCUT2D eigenvalue weighted by atomic mass is 16.6. The molecule has 0 spiro atoms. The second-order valence-corrected chi connectivity index (χ2v) is 3.69. The number of ether oxygens (including phenoxy) is 1. The van der Waals surface area contributed by atoms with Crippen LogP contribution >= 0.6 is 0 Å². The lowest BCUT2D eigenvalue weighted by molar-refractivity contribution is -0.385. The van der Waals surface area contributed by atoms with E-state index in [4.69, 9.17) is 4.74 Å². The van der Waals surface area contributed by atoms with Crippen molar-refractivity contribution in [2.45, 2.75) is 6.92 Å². The third kappa shape index (κ3) is 2.44. The van der Waals surface area contributed by atoms with Gasteiger partial charge in [-0.05, 0) is 19.1 Å². The van der Waals surface area contributed by atoms with Crippen LogP contribution in [0.3, 0.4) is 0 Å². The number of rotatable bonds is 5. The van der Waals surface area contributed by atoms with E-state index in [1.807, 2.05) is 0 Å². The Kier molecular flexibility index (Phi) is 3.56. The number of aldehydes is 1. The van der Waals surface area contributed by atoms with E-state index in [0.29, 0.717) is 29.7 Å². The zero-order valence-corrected chi connectivity index (χ0v) is 10.1. The highest BCUT2D eigenvalue weighted by Crippen LogP contribution is 2.32. The Morgan fingerprint density at radius 1 is 1.53 bits per heavy atom. The first-order chi connectivity index (χ1) is 9.17. The van der Waals surface area contributed by atoms with E-state index in [-0.39, 0.29) is 11.4 Å². The lowest BCUT2D eigenvalue weighted by Crippen LogP contribution is -1.98. The zero-order chi connectivity index (χ0) is 13.8. The number of benzene rings is 1. The normalized spacial score (nSPS) is 10.2. The third-order valence-electron chi connectivity index (χ3n) is 2.54. The summed E-state index contributed by atoms with van der Waals surface area (Å²) in [7, 11) is 0. The Hall–Kier alpha value is -2.70. The number of carbonyl (C=O) groups is 1. The zero-order valence-electron chi connectivity index (χ0n) is 10.1. The molecule has 0 saturated heterocycles. The van der Waals surface area contributed by atoms with Gasteiger partial charge in [-0.1, -0.05) is 0 Å². The minimum absolute atomic E-state index is 0.147. The summed E-state index contributed by atoms with van der Waals surface area (Å²) < 4.78 is 5.19. The van der Waals surface area contributed by atoms with Crippen molar-refractivity contribution in [2.75, 3.05) is 6.61 Å². The minimum atomic E-state index is -0.522. The molecule has 0 radical (unpaired) electrons. The smallest absolute Gasteiger partial charge is 0.311 e.